The molecule has 0 bridgehead atoms. The Balaban J connectivity index is 1.67. The lowest BCUT2D eigenvalue weighted by atomic mass is 10.1. The summed E-state index contributed by atoms with van der Waals surface area (Å²) in [5.74, 6) is 1.12. The molecule has 33 heavy (non-hydrogen) atoms. The molecule has 0 amide bonds. The van der Waals surface area contributed by atoms with E-state index in [-0.39, 0.29) is 18.9 Å². The Bertz CT molecular complexity index is 1290. The Morgan fingerprint density at radius 2 is 1.70 bits per heavy atom. The van der Waals surface area contributed by atoms with Gasteiger partial charge in [0, 0.05) is 23.1 Å². The minimum atomic E-state index is -0.491. The van der Waals surface area contributed by atoms with Gasteiger partial charge in [-0.05, 0) is 67.1 Å². The van der Waals surface area contributed by atoms with Gasteiger partial charge in [-0.3, -0.25) is 10.1 Å². The molecule has 0 spiro atoms. The van der Waals surface area contributed by atoms with Crippen LogP contribution < -0.4 is 9.47 Å². The SMILES string of the molecule is CCOC(=O)c1c(-c2ccc(OC)cc2)oc2ccc(OCc3ccc([N+](=O)[O-])cc3)cc12. The summed E-state index contributed by atoms with van der Waals surface area (Å²) in [6, 6.07) is 18.5. The van der Waals surface area contributed by atoms with E-state index in [2.05, 4.69) is 0 Å². The van der Waals surface area contributed by atoms with Crippen LogP contribution >= 0.6 is 0 Å². The van der Waals surface area contributed by atoms with Crippen molar-refractivity contribution in [1.82, 2.24) is 0 Å². The van der Waals surface area contributed by atoms with E-state index in [0.29, 0.717) is 39.4 Å². The maximum Gasteiger partial charge on any atom is 0.342 e. The molecule has 0 aliphatic heterocycles. The largest absolute Gasteiger partial charge is 0.497 e. The number of carbonyl (C=O) groups is 1. The smallest absolute Gasteiger partial charge is 0.342 e. The lowest BCUT2D eigenvalue weighted by Crippen LogP contribution is -2.05. The minimum Gasteiger partial charge on any atom is -0.497 e. The third kappa shape index (κ3) is 4.64. The van der Waals surface area contributed by atoms with Crippen LogP contribution in [0.25, 0.3) is 22.3 Å². The van der Waals surface area contributed by atoms with Crippen LogP contribution in [0.2, 0.25) is 0 Å². The number of fused-ring (bicyclic) bond motifs is 1. The van der Waals surface area contributed by atoms with Crippen molar-refractivity contribution in [2.75, 3.05) is 13.7 Å². The quantitative estimate of drug-likeness (QED) is 0.192. The van der Waals surface area contributed by atoms with Gasteiger partial charge in [-0.1, -0.05) is 0 Å². The Kier molecular flexibility index (Phi) is 6.26. The van der Waals surface area contributed by atoms with E-state index < -0.39 is 10.9 Å². The summed E-state index contributed by atoms with van der Waals surface area (Å²) >= 11 is 0. The molecular formula is C25H21NO7. The second kappa shape index (κ2) is 9.44. The second-order valence-corrected chi connectivity index (χ2v) is 7.13. The Morgan fingerprint density at radius 1 is 1.00 bits per heavy atom. The van der Waals surface area contributed by atoms with Crippen molar-refractivity contribution in [1.29, 1.82) is 0 Å². The fourth-order valence-corrected chi connectivity index (χ4v) is 3.40. The van der Waals surface area contributed by atoms with E-state index in [1.165, 1.54) is 12.1 Å². The van der Waals surface area contributed by atoms with Crippen LogP contribution in [-0.4, -0.2) is 24.6 Å². The topological polar surface area (TPSA) is 101 Å². The highest BCUT2D eigenvalue weighted by atomic mass is 16.6. The van der Waals surface area contributed by atoms with Crippen molar-refractivity contribution in [2.45, 2.75) is 13.5 Å². The molecule has 8 nitrogen and oxygen atoms in total. The number of carbonyl (C=O) groups excluding carboxylic acids is 1. The first-order chi connectivity index (χ1) is 16.0. The highest BCUT2D eigenvalue weighted by molar-refractivity contribution is 6.09. The first-order valence-electron chi connectivity index (χ1n) is 10.2. The van der Waals surface area contributed by atoms with E-state index in [1.807, 2.05) is 12.1 Å². The Hall–Kier alpha value is -4.33. The van der Waals surface area contributed by atoms with E-state index in [4.69, 9.17) is 18.6 Å². The average molecular weight is 447 g/mol. The number of methoxy groups -OCH3 is 1. The molecular weight excluding hydrogens is 426 g/mol. The summed E-state index contributed by atoms with van der Waals surface area (Å²) in [6.45, 7) is 2.18. The number of esters is 1. The molecule has 1 heterocycles. The van der Waals surface area contributed by atoms with Gasteiger partial charge in [-0.2, -0.15) is 0 Å². The number of nitrogens with zero attached hydrogens (tertiary/aromatic N) is 1. The molecule has 0 saturated heterocycles. The van der Waals surface area contributed by atoms with Gasteiger partial charge in [-0.25, -0.2) is 4.79 Å². The predicted octanol–water partition coefficient (Wildman–Crippen LogP) is 5.77. The third-order valence-electron chi connectivity index (χ3n) is 5.04. The van der Waals surface area contributed by atoms with Crippen LogP contribution in [0.3, 0.4) is 0 Å². The number of hydrogen-bond donors (Lipinski definition) is 0. The van der Waals surface area contributed by atoms with Crippen molar-refractivity contribution in [3.05, 3.63) is 88.0 Å². The van der Waals surface area contributed by atoms with Crippen LogP contribution in [0.4, 0.5) is 5.69 Å². The van der Waals surface area contributed by atoms with Crippen molar-refractivity contribution >= 4 is 22.6 Å². The number of hydrogen-bond acceptors (Lipinski definition) is 7. The van der Waals surface area contributed by atoms with Gasteiger partial charge in [0.15, 0.2) is 0 Å². The minimum absolute atomic E-state index is 0.0173. The van der Waals surface area contributed by atoms with E-state index in [0.717, 1.165) is 5.56 Å². The zero-order chi connectivity index (χ0) is 23.4. The fraction of sp³-hybridized carbons (Fsp3) is 0.160. The summed E-state index contributed by atoms with van der Waals surface area (Å²) < 4.78 is 22.4. The summed E-state index contributed by atoms with van der Waals surface area (Å²) in [7, 11) is 1.58. The molecule has 168 valence electrons. The lowest BCUT2D eigenvalue weighted by Gasteiger charge is -2.07. The van der Waals surface area contributed by atoms with Gasteiger partial charge in [0.05, 0.1) is 18.6 Å². The zero-order valence-corrected chi connectivity index (χ0v) is 18.1. The van der Waals surface area contributed by atoms with Gasteiger partial charge >= 0.3 is 5.97 Å². The normalized spacial score (nSPS) is 10.7. The summed E-state index contributed by atoms with van der Waals surface area (Å²) in [6.07, 6.45) is 0. The fourth-order valence-electron chi connectivity index (χ4n) is 3.40. The van der Waals surface area contributed by atoms with Crippen LogP contribution in [-0.2, 0) is 11.3 Å². The van der Waals surface area contributed by atoms with Crippen molar-refractivity contribution in [3.63, 3.8) is 0 Å². The molecule has 4 aromatic rings. The monoisotopic (exact) mass is 447 g/mol. The first kappa shape index (κ1) is 21.9. The highest BCUT2D eigenvalue weighted by Crippen LogP contribution is 2.36. The standard InChI is InChI=1S/C25H21NO7/c1-3-31-25(27)23-21-14-20(32-15-16-4-8-18(9-5-16)26(28)29)12-13-22(21)33-24(23)17-6-10-19(30-2)11-7-17/h4-14H,3,15H2,1-2H3. The molecule has 0 unspecified atom stereocenters. The number of rotatable bonds is 8. The van der Waals surface area contributed by atoms with Gasteiger partial charge < -0.3 is 18.6 Å². The van der Waals surface area contributed by atoms with Crippen LogP contribution in [0, 0.1) is 10.1 Å². The number of ether oxygens (including phenoxy) is 3. The van der Waals surface area contributed by atoms with Crippen molar-refractivity contribution in [2.24, 2.45) is 0 Å². The number of benzene rings is 3. The second-order valence-electron chi connectivity index (χ2n) is 7.13. The molecule has 0 saturated carbocycles. The molecule has 4 rings (SSSR count). The van der Waals surface area contributed by atoms with Crippen molar-refractivity contribution < 1.29 is 28.3 Å². The number of non-ortho nitro benzene ring substituents is 1. The first-order valence-corrected chi connectivity index (χ1v) is 10.2. The van der Waals surface area contributed by atoms with E-state index in [9.17, 15) is 14.9 Å². The molecule has 8 heteroatoms. The number of nitro groups is 1. The molecule has 0 atom stereocenters. The van der Waals surface area contributed by atoms with E-state index >= 15 is 0 Å². The highest BCUT2D eigenvalue weighted by Gasteiger charge is 2.24. The molecule has 0 aliphatic rings. The van der Waals surface area contributed by atoms with Gasteiger partial charge in [-0.15, -0.1) is 0 Å². The van der Waals surface area contributed by atoms with Gasteiger partial charge in [0.2, 0.25) is 0 Å². The van der Waals surface area contributed by atoms with Crippen molar-refractivity contribution in [3.8, 4) is 22.8 Å². The van der Waals surface area contributed by atoms with Gasteiger partial charge in [0.25, 0.3) is 5.69 Å². The molecule has 3 aromatic carbocycles. The van der Waals surface area contributed by atoms with Crippen LogP contribution in [0.15, 0.2) is 71.1 Å². The Labute approximate surface area is 189 Å². The maximum atomic E-state index is 12.8. The Morgan fingerprint density at radius 3 is 2.33 bits per heavy atom. The lowest BCUT2D eigenvalue weighted by molar-refractivity contribution is -0.384. The molecule has 0 radical (unpaired) electrons. The average Bonchev–Trinajstić information content (AvgIpc) is 3.22. The molecule has 1 aromatic heterocycles. The summed E-state index contributed by atoms with van der Waals surface area (Å²) in [5.41, 5.74) is 2.34. The zero-order valence-electron chi connectivity index (χ0n) is 18.1. The van der Waals surface area contributed by atoms with Crippen LogP contribution in [0.1, 0.15) is 22.8 Å². The van der Waals surface area contributed by atoms with Gasteiger partial charge in [0.1, 0.15) is 35.0 Å². The summed E-state index contributed by atoms with van der Waals surface area (Å²) in [4.78, 5) is 23.2. The molecule has 0 aliphatic carbocycles. The van der Waals surface area contributed by atoms with E-state index in [1.54, 1.807) is 56.5 Å². The molecule has 0 fully saturated rings. The third-order valence-corrected chi connectivity index (χ3v) is 5.04. The maximum absolute atomic E-state index is 12.8. The van der Waals surface area contributed by atoms with Crippen LogP contribution in [0.5, 0.6) is 11.5 Å². The molecule has 0 N–H and O–H groups in total. The number of nitro benzene ring substituents is 1. The predicted molar refractivity (Wildman–Crippen MR) is 122 cm³/mol. The number of furan rings is 1. The summed E-state index contributed by atoms with van der Waals surface area (Å²) in [5, 5.41) is 11.4.